The molecule has 1 aromatic rings. The number of carbonyl (C=O) groups excluding carboxylic acids is 1. The van der Waals surface area contributed by atoms with E-state index in [2.05, 4.69) is 0 Å². The highest BCUT2D eigenvalue weighted by atomic mass is 16.5. The van der Waals surface area contributed by atoms with Crippen molar-refractivity contribution < 1.29 is 14.6 Å². The maximum absolute atomic E-state index is 12.1. The van der Waals surface area contributed by atoms with Crippen molar-refractivity contribution >= 4 is 5.91 Å². The van der Waals surface area contributed by atoms with Crippen LogP contribution in [0.2, 0.25) is 0 Å². The van der Waals surface area contributed by atoms with E-state index in [9.17, 15) is 9.90 Å². The molecule has 0 aromatic heterocycles. The topological polar surface area (TPSA) is 49.8 Å². The van der Waals surface area contributed by atoms with Gasteiger partial charge in [0.2, 0.25) is 5.91 Å². The van der Waals surface area contributed by atoms with Crippen LogP contribution in [0.25, 0.3) is 0 Å². The van der Waals surface area contributed by atoms with E-state index < -0.39 is 0 Å². The van der Waals surface area contributed by atoms with Crippen LogP contribution in [0.15, 0.2) is 24.3 Å². The van der Waals surface area contributed by atoms with Crippen molar-refractivity contribution in [3.8, 4) is 5.75 Å². The minimum atomic E-state index is 0.121. The van der Waals surface area contributed by atoms with Gasteiger partial charge in [-0.25, -0.2) is 0 Å². The minimum absolute atomic E-state index is 0.121. The number of likely N-dealkylation sites (tertiary alicyclic amines) is 1. The summed E-state index contributed by atoms with van der Waals surface area (Å²) in [5.74, 6) is 1.17. The lowest BCUT2D eigenvalue weighted by Crippen LogP contribution is -2.41. The molecule has 0 bridgehead atoms. The van der Waals surface area contributed by atoms with Gasteiger partial charge in [0, 0.05) is 19.7 Å². The number of aliphatic hydroxyl groups excluding tert-OH is 1. The maximum Gasteiger partial charge on any atom is 0.226 e. The smallest absolute Gasteiger partial charge is 0.226 e. The predicted molar refractivity (Wildman–Crippen MR) is 77.7 cm³/mol. The van der Waals surface area contributed by atoms with Crippen LogP contribution in [0.1, 0.15) is 24.8 Å². The molecular weight excluding hydrogens is 254 g/mol. The Morgan fingerprint density at radius 1 is 1.50 bits per heavy atom. The fourth-order valence-electron chi connectivity index (χ4n) is 2.56. The van der Waals surface area contributed by atoms with E-state index in [4.69, 9.17) is 4.74 Å². The molecule has 1 atom stereocenters. The van der Waals surface area contributed by atoms with Crippen molar-refractivity contribution in [2.75, 3.05) is 26.3 Å². The Balaban J connectivity index is 1.75. The summed E-state index contributed by atoms with van der Waals surface area (Å²) in [6.07, 6.45) is 2.39. The second-order valence-electron chi connectivity index (χ2n) is 5.45. The first-order valence-electron chi connectivity index (χ1n) is 7.27. The second kappa shape index (κ2) is 7.29. The molecule has 4 nitrogen and oxygen atoms in total. The summed E-state index contributed by atoms with van der Waals surface area (Å²) in [7, 11) is 0. The first kappa shape index (κ1) is 14.9. The first-order chi connectivity index (χ1) is 9.69. The van der Waals surface area contributed by atoms with Crippen molar-refractivity contribution in [1.29, 1.82) is 0 Å². The zero-order valence-electron chi connectivity index (χ0n) is 12.0. The molecule has 2 rings (SSSR count). The van der Waals surface area contributed by atoms with Crippen LogP contribution < -0.4 is 4.74 Å². The molecule has 0 radical (unpaired) electrons. The molecule has 0 spiro atoms. The monoisotopic (exact) mass is 277 g/mol. The summed E-state index contributed by atoms with van der Waals surface area (Å²) in [6, 6.07) is 7.83. The highest BCUT2D eigenvalue weighted by Crippen LogP contribution is 2.17. The molecule has 0 aliphatic carbocycles. The molecule has 0 saturated carbocycles. The molecule has 1 amide bonds. The van der Waals surface area contributed by atoms with E-state index in [1.54, 1.807) is 0 Å². The molecule has 1 aliphatic heterocycles. The summed E-state index contributed by atoms with van der Waals surface area (Å²) < 4.78 is 5.60. The molecule has 1 heterocycles. The first-order valence-corrected chi connectivity index (χ1v) is 7.27. The molecule has 1 unspecified atom stereocenters. The van der Waals surface area contributed by atoms with Crippen molar-refractivity contribution in [3.05, 3.63) is 29.8 Å². The van der Waals surface area contributed by atoms with Crippen LogP contribution in [-0.4, -0.2) is 42.2 Å². The number of nitrogens with zero attached hydrogens (tertiary/aromatic N) is 1. The van der Waals surface area contributed by atoms with Gasteiger partial charge in [-0.05, 0) is 43.4 Å². The molecule has 1 aromatic carbocycles. The van der Waals surface area contributed by atoms with Crippen molar-refractivity contribution in [1.82, 2.24) is 4.90 Å². The van der Waals surface area contributed by atoms with Gasteiger partial charge in [0.1, 0.15) is 5.75 Å². The van der Waals surface area contributed by atoms with Gasteiger partial charge in [0.15, 0.2) is 0 Å². The molecule has 4 heteroatoms. The number of carbonyl (C=O) groups is 1. The van der Waals surface area contributed by atoms with Crippen LogP contribution in [0.5, 0.6) is 5.75 Å². The van der Waals surface area contributed by atoms with Crippen LogP contribution in [0.3, 0.4) is 0 Å². The van der Waals surface area contributed by atoms with Gasteiger partial charge >= 0.3 is 0 Å². The van der Waals surface area contributed by atoms with Crippen LogP contribution in [-0.2, 0) is 4.79 Å². The van der Waals surface area contributed by atoms with Gasteiger partial charge in [-0.3, -0.25) is 4.79 Å². The number of hydrogen-bond donors (Lipinski definition) is 1. The van der Waals surface area contributed by atoms with Gasteiger partial charge in [-0.2, -0.15) is 0 Å². The number of benzene rings is 1. The van der Waals surface area contributed by atoms with E-state index in [1.165, 1.54) is 0 Å². The number of piperidine rings is 1. The van der Waals surface area contributed by atoms with Gasteiger partial charge in [0.05, 0.1) is 13.0 Å². The maximum atomic E-state index is 12.1. The third-order valence-electron chi connectivity index (χ3n) is 3.70. The predicted octanol–water partition coefficient (Wildman–Crippen LogP) is 1.99. The molecule has 1 N–H and O–H groups in total. The Labute approximate surface area is 120 Å². The third-order valence-corrected chi connectivity index (χ3v) is 3.70. The number of ether oxygens (including phenoxy) is 1. The number of aryl methyl sites for hydroxylation is 1. The molecule has 110 valence electrons. The Kier molecular flexibility index (Phi) is 5.41. The second-order valence-corrected chi connectivity index (χ2v) is 5.45. The molecule has 20 heavy (non-hydrogen) atoms. The summed E-state index contributed by atoms with van der Waals surface area (Å²) >= 11 is 0. The minimum Gasteiger partial charge on any atom is -0.493 e. The standard InChI is InChI=1S/C16H23NO3/c1-13-4-2-6-15(10-13)20-9-7-16(19)17-8-3-5-14(11-17)12-18/h2,4,6,10,14,18H,3,5,7-9,11-12H2,1H3. The number of hydrogen-bond acceptors (Lipinski definition) is 3. The van der Waals surface area contributed by atoms with Crippen molar-refractivity contribution in [2.45, 2.75) is 26.2 Å². The Hall–Kier alpha value is -1.55. The molecule has 1 fully saturated rings. The van der Waals surface area contributed by atoms with Crippen molar-refractivity contribution in [3.63, 3.8) is 0 Å². The van der Waals surface area contributed by atoms with E-state index >= 15 is 0 Å². The third kappa shape index (κ3) is 4.23. The normalized spacial score (nSPS) is 18.9. The van der Waals surface area contributed by atoms with Gasteiger partial charge in [-0.15, -0.1) is 0 Å². The van der Waals surface area contributed by atoms with Gasteiger partial charge in [-0.1, -0.05) is 12.1 Å². The largest absolute Gasteiger partial charge is 0.493 e. The zero-order chi connectivity index (χ0) is 14.4. The van der Waals surface area contributed by atoms with Crippen LogP contribution in [0.4, 0.5) is 0 Å². The van der Waals surface area contributed by atoms with Crippen LogP contribution >= 0.6 is 0 Å². The summed E-state index contributed by atoms with van der Waals surface area (Å²) in [6.45, 7) is 4.08. The fourth-order valence-corrected chi connectivity index (χ4v) is 2.56. The summed E-state index contributed by atoms with van der Waals surface area (Å²) in [5, 5.41) is 9.18. The lowest BCUT2D eigenvalue weighted by molar-refractivity contribution is -0.133. The highest BCUT2D eigenvalue weighted by Gasteiger charge is 2.22. The van der Waals surface area contributed by atoms with E-state index in [0.29, 0.717) is 19.6 Å². The van der Waals surface area contributed by atoms with Gasteiger partial charge < -0.3 is 14.7 Å². The summed E-state index contributed by atoms with van der Waals surface area (Å²) in [4.78, 5) is 13.9. The Bertz CT molecular complexity index is 447. The number of amides is 1. The lowest BCUT2D eigenvalue weighted by atomic mass is 9.99. The fraction of sp³-hybridized carbons (Fsp3) is 0.562. The summed E-state index contributed by atoms with van der Waals surface area (Å²) in [5.41, 5.74) is 1.15. The SMILES string of the molecule is Cc1cccc(OCCC(=O)N2CCCC(CO)C2)c1. The molecule has 1 saturated heterocycles. The average molecular weight is 277 g/mol. The Morgan fingerprint density at radius 3 is 3.10 bits per heavy atom. The number of aliphatic hydroxyl groups is 1. The highest BCUT2D eigenvalue weighted by molar-refractivity contribution is 5.76. The van der Waals surface area contributed by atoms with E-state index in [1.807, 2.05) is 36.1 Å². The Morgan fingerprint density at radius 2 is 2.35 bits per heavy atom. The van der Waals surface area contributed by atoms with Crippen LogP contribution in [0, 0.1) is 12.8 Å². The number of rotatable bonds is 5. The van der Waals surface area contributed by atoms with Crippen molar-refractivity contribution in [2.24, 2.45) is 5.92 Å². The van der Waals surface area contributed by atoms with E-state index in [0.717, 1.165) is 30.7 Å². The molecule has 1 aliphatic rings. The average Bonchev–Trinajstić information content (AvgIpc) is 2.47. The quantitative estimate of drug-likeness (QED) is 0.895. The lowest BCUT2D eigenvalue weighted by Gasteiger charge is -2.31. The molecular formula is C16H23NO3. The van der Waals surface area contributed by atoms with Gasteiger partial charge in [0.25, 0.3) is 0 Å². The van der Waals surface area contributed by atoms with E-state index in [-0.39, 0.29) is 18.4 Å². The zero-order valence-corrected chi connectivity index (χ0v) is 12.0.